The fraction of sp³-hybridized carbons (Fsp3) is 0.0500. The van der Waals surface area contributed by atoms with E-state index in [1.165, 1.54) is 22.8 Å². The Hall–Kier alpha value is -3.54. The summed E-state index contributed by atoms with van der Waals surface area (Å²) >= 11 is 0. The lowest BCUT2D eigenvalue weighted by molar-refractivity contribution is 0.629. The molecule has 0 atom stereocenters. The van der Waals surface area contributed by atoms with Gasteiger partial charge in [-0.3, -0.25) is 9.78 Å². The molecular formula is C20H15FN4O. The second-order valence-corrected chi connectivity index (χ2v) is 5.95. The van der Waals surface area contributed by atoms with E-state index >= 15 is 0 Å². The minimum atomic E-state index is -0.478. The van der Waals surface area contributed by atoms with Gasteiger partial charge >= 0.3 is 0 Å². The first-order valence-electron chi connectivity index (χ1n) is 8.08. The van der Waals surface area contributed by atoms with Crippen LogP contribution < -0.4 is 10.9 Å². The first-order valence-corrected chi connectivity index (χ1v) is 8.08. The zero-order valence-electron chi connectivity index (χ0n) is 14.0. The number of aromatic nitrogens is 3. The summed E-state index contributed by atoms with van der Waals surface area (Å²) in [6, 6.07) is 15.2. The smallest absolute Gasteiger partial charge is 0.267 e. The molecule has 4 aromatic rings. The quantitative estimate of drug-likeness (QED) is 0.610. The van der Waals surface area contributed by atoms with Crippen LogP contribution in [-0.4, -0.2) is 14.5 Å². The maximum atomic E-state index is 13.7. The van der Waals surface area contributed by atoms with Crippen molar-refractivity contribution in [2.75, 3.05) is 5.32 Å². The van der Waals surface area contributed by atoms with Crippen LogP contribution in [0.15, 0.2) is 71.8 Å². The molecule has 0 fully saturated rings. The van der Waals surface area contributed by atoms with Crippen molar-refractivity contribution in [3.05, 3.63) is 88.7 Å². The van der Waals surface area contributed by atoms with E-state index in [0.717, 1.165) is 11.3 Å². The Bertz CT molecular complexity index is 1160. The van der Waals surface area contributed by atoms with E-state index in [4.69, 9.17) is 0 Å². The van der Waals surface area contributed by atoms with Gasteiger partial charge in [0.25, 0.3) is 5.56 Å². The van der Waals surface area contributed by atoms with Crippen molar-refractivity contribution in [3.8, 4) is 5.69 Å². The molecule has 6 heteroatoms. The predicted octanol–water partition coefficient (Wildman–Crippen LogP) is 3.97. The van der Waals surface area contributed by atoms with Gasteiger partial charge in [-0.25, -0.2) is 13.9 Å². The fourth-order valence-corrected chi connectivity index (χ4v) is 2.79. The van der Waals surface area contributed by atoms with Crippen LogP contribution in [0.5, 0.6) is 0 Å². The second kappa shape index (κ2) is 6.40. The maximum Gasteiger partial charge on any atom is 0.267 e. The minimum absolute atomic E-state index is 0.213. The molecule has 2 aromatic heterocycles. The molecule has 0 unspecified atom stereocenters. The van der Waals surface area contributed by atoms with E-state index in [1.54, 1.807) is 12.4 Å². The van der Waals surface area contributed by atoms with Gasteiger partial charge in [-0.05, 0) is 48.9 Å². The highest BCUT2D eigenvalue weighted by molar-refractivity contribution is 5.80. The van der Waals surface area contributed by atoms with Gasteiger partial charge in [0.15, 0.2) is 0 Å². The molecule has 0 aliphatic carbocycles. The molecule has 1 N–H and O–H groups in total. The van der Waals surface area contributed by atoms with Crippen molar-refractivity contribution in [1.82, 2.24) is 14.5 Å². The summed E-state index contributed by atoms with van der Waals surface area (Å²) in [4.78, 5) is 21.8. The third-order valence-corrected chi connectivity index (χ3v) is 3.98. The number of halogens is 1. The zero-order chi connectivity index (χ0) is 18.1. The third-order valence-electron chi connectivity index (χ3n) is 3.98. The number of nitrogens with zero attached hydrogens (tertiary/aromatic N) is 3. The Morgan fingerprint density at radius 3 is 2.62 bits per heavy atom. The normalized spacial score (nSPS) is 10.8. The van der Waals surface area contributed by atoms with Gasteiger partial charge in [-0.15, -0.1) is 0 Å². The third kappa shape index (κ3) is 2.93. The molecule has 0 bridgehead atoms. The maximum absolute atomic E-state index is 13.7. The second-order valence-electron chi connectivity index (χ2n) is 5.95. The lowest BCUT2D eigenvalue weighted by Crippen LogP contribution is -2.23. The van der Waals surface area contributed by atoms with Crippen molar-refractivity contribution in [1.29, 1.82) is 0 Å². The van der Waals surface area contributed by atoms with Crippen LogP contribution in [0.2, 0.25) is 0 Å². The van der Waals surface area contributed by atoms with Gasteiger partial charge in [0.1, 0.15) is 5.82 Å². The van der Waals surface area contributed by atoms with Gasteiger partial charge in [0.2, 0.25) is 5.95 Å². The summed E-state index contributed by atoms with van der Waals surface area (Å²) in [5.41, 5.74) is 2.31. The van der Waals surface area contributed by atoms with Crippen LogP contribution >= 0.6 is 0 Å². The summed E-state index contributed by atoms with van der Waals surface area (Å²) in [5.74, 6) is -0.137. The van der Waals surface area contributed by atoms with Crippen molar-refractivity contribution in [2.45, 2.75) is 6.92 Å². The Kier molecular flexibility index (Phi) is 3.93. The molecule has 4 rings (SSSR count). The Morgan fingerprint density at radius 2 is 1.85 bits per heavy atom. The molecule has 2 aromatic carbocycles. The summed E-state index contributed by atoms with van der Waals surface area (Å²) in [5, 5.41) is 3.38. The Balaban J connectivity index is 2.00. The van der Waals surface area contributed by atoms with Crippen LogP contribution in [0.4, 0.5) is 16.0 Å². The first kappa shape index (κ1) is 16.0. The van der Waals surface area contributed by atoms with Gasteiger partial charge in [0.05, 0.1) is 22.8 Å². The van der Waals surface area contributed by atoms with Crippen molar-refractivity contribution in [3.63, 3.8) is 0 Å². The highest BCUT2D eigenvalue weighted by Gasteiger charge is 2.14. The molecule has 0 saturated heterocycles. The summed E-state index contributed by atoms with van der Waals surface area (Å²) < 4.78 is 15.1. The number of rotatable bonds is 3. The predicted molar refractivity (Wildman–Crippen MR) is 99.6 cm³/mol. The number of pyridine rings is 1. The average molecular weight is 346 g/mol. The van der Waals surface area contributed by atoms with Gasteiger partial charge in [-0.1, -0.05) is 18.2 Å². The van der Waals surface area contributed by atoms with Crippen molar-refractivity contribution < 1.29 is 4.39 Å². The molecule has 2 heterocycles. The van der Waals surface area contributed by atoms with Crippen LogP contribution in [0.25, 0.3) is 16.6 Å². The molecule has 0 aliphatic rings. The number of nitrogens with one attached hydrogen (secondary N) is 1. The molecule has 0 aliphatic heterocycles. The number of benzene rings is 2. The standard InChI is InChI=1S/C20H15FN4O/c1-13-9-16(12-22-11-13)25-19(26)17-10-14(21)7-8-18(17)24-20(25)23-15-5-3-2-4-6-15/h2-12H,1H3,(H,23,24). The van der Waals surface area contributed by atoms with E-state index in [0.29, 0.717) is 17.2 Å². The van der Waals surface area contributed by atoms with E-state index in [-0.39, 0.29) is 10.9 Å². The number of aryl methyl sites for hydroxylation is 1. The molecule has 0 amide bonds. The fourth-order valence-electron chi connectivity index (χ4n) is 2.79. The largest absolute Gasteiger partial charge is 0.325 e. The number of hydrogen-bond acceptors (Lipinski definition) is 4. The van der Waals surface area contributed by atoms with Crippen molar-refractivity contribution in [2.24, 2.45) is 0 Å². The topological polar surface area (TPSA) is 59.8 Å². The molecule has 0 saturated carbocycles. The molecular weight excluding hydrogens is 331 g/mol. The molecule has 26 heavy (non-hydrogen) atoms. The lowest BCUT2D eigenvalue weighted by Gasteiger charge is -2.15. The average Bonchev–Trinajstić information content (AvgIpc) is 2.63. The van der Waals surface area contributed by atoms with E-state index < -0.39 is 5.82 Å². The summed E-state index contributed by atoms with van der Waals surface area (Å²) in [7, 11) is 0. The zero-order valence-corrected chi connectivity index (χ0v) is 14.0. The van der Waals surface area contributed by atoms with Crippen LogP contribution in [0.1, 0.15) is 5.56 Å². The summed E-state index contributed by atoms with van der Waals surface area (Å²) in [6.45, 7) is 1.89. The van der Waals surface area contributed by atoms with Crippen LogP contribution in [0, 0.1) is 12.7 Å². The Labute approximate surface area is 148 Å². The number of fused-ring (bicyclic) bond motifs is 1. The molecule has 0 spiro atoms. The minimum Gasteiger partial charge on any atom is -0.325 e. The van der Waals surface area contributed by atoms with Gasteiger partial charge < -0.3 is 5.32 Å². The van der Waals surface area contributed by atoms with Crippen LogP contribution in [-0.2, 0) is 0 Å². The molecule has 128 valence electrons. The van der Waals surface area contributed by atoms with Crippen molar-refractivity contribution >= 4 is 22.5 Å². The first-order chi connectivity index (χ1) is 12.6. The Morgan fingerprint density at radius 1 is 1.04 bits per heavy atom. The SMILES string of the molecule is Cc1cncc(-n2c(Nc3ccccc3)nc3ccc(F)cc3c2=O)c1. The highest BCUT2D eigenvalue weighted by Crippen LogP contribution is 2.20. The number of para-hydroxylation sites is 1. The van der Waals surface area contributed by atoms with Gasteiger partial charge in [-0.2, -0.15) is 0 Å². The molecule has 5 nitrogen and oxygen atoms in total. The van der Waals surface area contributed by atoms with E-state index in [1.807, 2.05) is 43.3 Å². The lowest BCUT2D eigenvalue weighted by atomic mass is 10.2. The van der Waals surface area contributed by atoms with E-state index in [9.17, 15) is 9.18 Å². The molecule has 0 radical (unpaired) electrons. The number of hydrogen-bond donors (Lipinski definition) is 1. The van der Waals surface area contributed by atoms with Crippen LogP contribution in [0.3, 0.4) is 0 Å². The summed E-state index contributed by atoms with van der Waals surface area (Å²) in [6.07, 6.45) is 3.28. The van der Waals surface area contributed by atoms with Gasteiger partial charge in [0, 0.05) is 11.9 Å². The highest BCUT2D eigenvalue weighted by atomic mass is 19.1. The number of anilines is 2. The van der Waals surface area contributed by atoms with E-state index in [2.05, 4.69) is 15.3 Å². The monoisotopic (exact) mass is 346 g/mol.